The van der Waals surface area contributed by atoms with Crippen LogP contribution < -0.4 is 10.6 Å². The van der Waals surface area contributed by atoms with Crippen molar-refractivity contribution in [3.63, 3.8) is 0 Å². The summed E-state index contributed by atoms with van der Waals surface area (Å²) in [7, 11) is 1.77. The lowest BCUT2D eigenvalue weighted by Gasteiger charge is -2.24. The van der Waals surface area contributed by atoms with Crippen LogP contribution in [-0.4, -0.2) is 34.9 Å². The third kappa shape index (κ3) is 7.78. The number of hydrogen-bond donors (Lipinski definition) is 2. The summed E-state index contributed by atoms with van der Waals surface area (Å²) in [4.78, 5) is 32.4. The molecule has 1 aliphatic rings. The van der Waals surface area contributed by atoms with Gasteiger partial charge in [0.2, 0.25) is 5.91 Å². The first-order valence-corrected chi connectivity index (χ1v) is 13.1. The zero-order valence-electron chi connectivity index (χ0n) is 20.9. The number of nitrogens with zero attached hydrogens (tertiary/aromatic N) is 2. The van der Waals surface area contributed by atoms with Crippen LogP contribution in [0, 0.1) is 18.8 Å². The maximum Gasteiger partial charge on any atom is 0.228 e. The molecule has 1 amide bonds. The summed E-state index contributed by atoms with van der Waals surface area (Å²) in [5, 5.41) is 10.7. The average molecular weight is 476 g/mol. The van der Waals surface area contributed by atoms with Crippen molar-refractivity contribution < 1.29 is 14.7 Å². The van der Waals surface area contributed by atoms with Crippen LogP contribution in [0.4, 0.5) is 5.13 Å². The molecule has 0 saturated carbocycles. The lowest BCUT2D eigenvalue weighted by Crippen LogP contribution is -2.27. The van der Waals surface area contributed by atoms with E-state index in [0.717, 1.165) is 42.6 Å². The topological polar surface area (TPSA) is 96.5 Å². The van der Waals surface area contributed by atoms with Gasteiger partial charge in [0.25, 0.3) is 0 Å². The van der Waals surface area contributed by atoms with Gasteiger partial charge in [-0.25, -0.2) is 4.98 Å². The first kappa shape index (κ1) is 27.3. The number of aromatic nitrogens is 1. The highest BCUT2D eigenvalue weighted by Crippen LogP contribution is 2.31. The van der Waals surface area contributed by atoms with Gasteiger partial charge < -0.3 is 10.8 Å². The second kappa shape index (κ2) is 13.0. The number of aryl methyl sites for hydroxylation is 1. The minimum Gasteiger partial charge on any atom is -0.400 e. The van der Waals surface area contributed by atoms with Crippen LogP contribution in [-0.2, 0) is 9.59 Å². The molecule has 0 fully saturated rings. The number of amides is 1. The second-order valence-electron chi connectivity index (χ2n) is 9.25. The molecule has 2 unspecified atom stereocenters. The fourth-order valence-corrected chi connectivity index (χ4v) is 5.06. The summed E-state index contributed by atoms with van der Waals surface area (Å²) >= 11 is 1.51. The minimum atomic E-state index is -0.575. The first-order valence-electron chi connectivity index (χ1n) is 12.2. The predicted octanol–water partition coefficient (Wildman–Crippen LogP) is 5.30. The number of anilines is 1. The first-order chi connectivity index (χ1) is 15.7. The van der Waals surface area contributed by atoms with Crippen LogP contribution in [0.5, 0.6) is 0 Å². The molecule has 33 heavy (non-hydrogen) atoms. The molecule has 0 saturated heterocycles. The maximum atomic E-state index is 12.8. The summed E-state index contributed by atoms with van der Waals surface area (Å²) in [6.45, 7) is 8.07. The lowest BCUT2D eigenvalue weighted by molar-refractivity contribution is -0.124. The second-order valence-corrected chi connectivity index (χ2v) is 10.5. The van der Waals surface area contributed by atoms with Crippen LogP contribution in [0.3, 0.4) is 0 Å². The third-order valence-corrected chi connectivity index (χ3v) is 7.77. The van der Waals surface area contributed by atoms with Crippen LogP contribution in [0.1, 0.15) is 83.4 Å². The van der Waals surface area contributed by atoms with Gasteiger partial charge in [-0.3, -0.25) is 14.5 Å². The van der Waals surface area contributed by atoms with E-state index < -0.39 is 6.10 Å². The number of carbonyl (C=O) groups excluding carboxylic acids is 2. The molecule has 0 aromatic carbocycles. The molecule has 0 aliphatic heterocycles. The van der Waals surface area contributed by atoms with Crippen molar-refractivity contribution in [2.24, 2.45) is 17.6 Å². The highest BCUT2D eigenvalue weighted by molar-refractivity contribution is 7.15. The van der Waals surface area contributed by atoms with Crippen molar-refractivity contribution in [1.29, 1.82) is 0 Å². The van der Waals surface area contributed by atoms with E-state index in [1.165, 1.54) is 16.9 Å². The van der Waals surface area contributed by atoms with E-state index >= 15 is 0 Å². The van der Waals surface area contributed by atoms with Crippen LogP contribution in [0.25, 0.3) is 0 Å². The summed E-state index contributed by atoms with van der Waals surface area (Å²) in [6, 6.07) is 0. The molecule has 7 heteroatoms. The number of aliphatic hydroxyl groups excluding tert-OH is 1. The Morgan fingerprint density at radius 2 is 2.06 bits per heavy atom. The monoisotopic (exact) mass is 475 g/mol. The van der Waals surface area contributed by atoms with E-state index in [4.69, 9.17) is 5.73 Å². The standard InChI is InChI=1S/C26H41N3O3S/c1-6-17(3)23(31)15-19(11-14-24(32)29(5)26-28-16-18(4)33-26)9-8-10-20-12-13-22(30)25(27)21(20)7-2/h12,16-17,19,22,30H,6-11,13-15,27H2,1-5H3/t17-,19?,22?/m0/s1. The molecule has 2 rings (SSSR count). The quantitative estimate of drug-likeness (QED) is 0.403. The number of allylic oxidation sites excluding steroid dienone is 2. The minimum absolute atomic E-state index is 0.0401. The van der Waals surface area contributed by atoms with Gasteiger partial charge in [0.15, 0.2) is 5.13 Å². The number of carbonyl (C=O) groups is 2. The predicted molar refractivity (Wildman–Crippen MR) is 136 cm³/mol. The van der Waals surface area contributed by atoms with Crippen molar-refractivity contribution in [2.45, 2.75) is 91.6 Å². The SMILES string of the molecule is CCC1=C(N)C(O)CC=C1CCCC(CCC(=O)N(C)c1ncc(C)s1)CC(=O)[C@@H](C)CC. The molecule has 1 heterocycles. The normalized spacial score (nSPS) is 18.1. The Labute approximate surface area is 203 Å². The Kier molecular flexibility index (Phi) is 10.8. The number of nitrogens with two attached hydrogens (primary N) is 1. The van der Waals surface area contributed by atoms with Crippen molar-refractivity contribution in [3.05, 3.63) is 34.0 Å². The molecule has 0 bridgehead atoms. The average Bonchev–Trinajstić information content (AvgIpc) is 3.24. The molecule has 3 atom stereocenters. The Hall–Kier alpha value is -1.99. The van der Waals surface area contributed by atoms with E-state index in [0.29, 0.717) is 36.5 Å². The summed E-state index contributed by atoms with van der Waals surface area (Å²) in [5.74, 6) is 0.569. The van der Waals surface area contributed by atoms with E-state index in [-0.39, 0.29) is 23.5 Å². The van der Waals surface area contributed by atoms with E-state index in [1.807, 2.05) is 20.8 Å². The van der Waals surface area contributed by atoms with Gasteiger partial charge in [0, 0.05) is 42.6 Å². The molecular weight excluding hydrogens is 434 g/mol. The molecule has 1 aliphatic carbocycles. The van der Waals surface area contributed by atoms with E-state index in [9.17, 15) is 14.7 Å². The largest absolute Gasteiger partial charge is 0.400 e. The molecule has 3 N–H and O–H groups in total. The van der Waals surface area contributed by atoms with Crippen molar-refractivity contribution >= 4 is 28.2 Å². The summed E-state index contributed by atoms with van der Waals surface area (Å²) < 4.78 is 0. The van der Waals surface area contributed by atoms with Crippen molar-refractivity contribution in [1.82, 2.24) is 4.98 Å². The molecule has 184 valence electrons. The van der Waals surface area contributed by atoms with Gasteiger partial charge in [-0.05, 0) is 68.9 Å². The number of Topliss-reactive ketones (excluding diaryl/α,β-unsaturated/α-hetero) is 1. The molecule has 0 spiro atoms. The van der Waals surface area contributed by atoms with Gasteiger partial charge in [-0.15, -0.1) is 11.3 Å². The van der Waals surface area contributed by atoms with Gasteiger partial charge in [0.05, 0.1) is 6.10 Å². The lowest BCUT2D eigenvalue weighted by atomic mass is 9.84. The molecule has 0 radical (unpaired) electrons. The van der Waals surface area contributed by atoms with E-state index in [1.54, 1.807) is 18.1 Å². The van der Waals surface area contributed by atoms with Crippen LogP contribution >= 0.6 is 11.3 Å². The van der Waals surface area contributed by atoms with Gasteiger partial charge in [0.1, 0.15) is 5.78 Å². The number of rotatable bonds is 13. The Morgan fingerprint density at radius 1 is 1.33 bits per heavy atom. The molecule has 6 nitrogen and oxygen atoms in total. The highest BCUT2D eigenvalue weighted by atomic mass is 32.1. The van der Waals surface area contributed by atoms with Gasteiger partial charge in [-0.2, -0.15) is 0 Å². The highest BCUT2D eigenvalue weighted by Gasteiger charge is 2.23. The number of aliphatic hydroxyl groups is 1. The molecular formula is C26H41N3O3S. The Balaban J connectivity index is 1.97. The molecule has 1 aromatic heterocycles. The van der Waals surface area contributed by atoms with E-state index in [2.05, 4.69) is 18.0 Å². The summed E-state index contributed by atoms with van der Waals surface area (Å²) in [6.07, 6.45) is 9.88. The van der Waals surface area contributed by atoms with Crippen LogP contribution in [0.2, 0.25) is 0 Å². The van der Waals surface area contributed by atoms with Gasteiger partial charge >= 0.3 is 0 Å². The Bertz CT molecular complexity index is 874. The molecule has 1 aromatic rings. The van der Waals surface area contributed by atoms with Crippen LogP contribution in [0.15, 0.2) is 29.1 Å². The maximum absolute atomic E-state index is 12.8. The third-order valence-electron chi connectivity index (χ3n) is 6.78. The fraction of sp³-hybridized carbons (Fsp3) is 0.654. The summed E-state index contributed by atoms with van der Waals surface area (Å²) in [5.41, 5.74) is 9.02. The zero-order chi connectivity index (χ0) is 24.5. The zero-order valence-corrected chi connectivity index (χ0v) is 21.7. The number of ketones is 1. The van der Waals surface area contributed by atoms with Crippen molar-refractivity contribution in [2.75, 3.05) is 11.9 Å². The van der Waals surface area contributed by atoms with Gasteiger partial charge in [-0.1, -0.05) is 26.8 Å². The number of thiazole rings is 1. The van der Waals surface area contributed by atoms with Crippen molar-refractivity contribution in [3.8, 4) is 0 Å². The Morgan fingerprint density at radius 3 is 2.67 bits per heavy atom. The number of hydrogen-bond acceptors (Lipinski definition) is 6. The smallest absolute Gasteiger partial charge is 0.228 e. The fourth-order valence-electron chi connectivity index (χ4n) is 4.32.